The van der Waals surface area contributed by atoms with Crippen molar-refractivity contribution in [1.82, 2.24) is 9.88 Å². The normalized spacial score (nSPS) is 16.0. The molecular formula is C19H19N3O4. The number of Topliss-reactive ketones (excluding diaryl/α,β-unsaturated/α-hetero) is 1. The highest BCUT2D eigenvalue weighted by Gasteiger charge is 2.31. The van der Waals surface area contributed by atoms with Gasteiger partial charge in [-0.15, -0.1) is 0 Å². The largest absolute Gasteiger partial charge is 0.480 e. The lowest BCUT2D eigenvalue weighted by atomic mass is 9.93. The third-order valence-electron chi connectivity index (χ3n) is 4.46. The summed E-state index contributed by atoms with van der Waals surface area (Å²) >= 11 is 0. The zero-order valence-corrected chi connectivity index (χ0v) is 14.8. The van der Waals surface area contributed by atoms with Gasteiger partial charge in [-0.3, -0.25) is 24.4 Å². The first kappa shape index (κ1) is 17.7. The number of carboxylic acid groups (broad SMARTS) is 1. The number of amides is 1. The number of ketones is 1. The number of benzene rings is 1. The van der Waals surface area contributed by atoms with E-state index in [9.17, 15) is 14.4 Å². The SMILES string of the molecule is CCN(C(=O)c1cnc2c3c(ccc2c1)C(=O)C(C(=O)O)C=N3)C(C)C. The number of aliphatic carboxylic acids is 1. The summed E-state index contributed by atoms with van der Waals surface area (Å²) in [6.45, 7) is 6.41. The maximum absolute atomic E-state index is 12.7. The van der Waals surface area contributed by atoms with Crippen molar-refractivity contribution in [3.8, 4) is 0 Å². The van der Waals surface area contributed by atoms with Crippen LogP contribution in [0.2, 0.25) is 0 Å². The molecule has 1 aromatic heterocycles. The molecule has 0 fully saturated rings. The highest BCUT2D eigenvalue weighted by atomic mass is 16.4. The Morgan fingerprint density at radius 2 is 2.04 bits per heavy atom. The first-order valence-electron chi connectivity index (χ1n) is 8.40. The standard InChI is InChI=1S/C19H19N3O4/c1-4-22(10(2)3)18(24)12-7-11-5-6-13-16(15(11)20-8-12)21-9-14(17(13)23)19(25)26/h5-10,14H,4H2,1-3H3,(H,25,26). The van der Waals surface area contributed by atoms with Gasteiger partial charge < -0.3 is 10.0 Å². The van der Waals surface area contributed by atoms with Crippen LogP contribution in [0.5, 0.6) is 0 Å². The Hall–Kier alpha value is -3.09. The van der Waals surface area contributed by atoms with Gasteiger partial charge in [-0.2, -0.15) is 0 Å². The molecule has 1 amide bonds. The molecule has 0 saturated heterocycles. The van der Waals surface area contributed by atoms with Crippen LogP contribution in [0.3, 0.4) is 0 Å². The molecule has 26 heavy (non-hydrogen) atoms. The molecule has 0 aliphatic carbocycles. The number of hydrogen-bond acceptors (Lipinski definition) is 5. The maximum atomic E-state index is 12.7. The van der Waals surface area contributed by atoms with Gasteiger partial charge in [0.15, 0.2) is 11.7 Å². The Kier molecular flexibility index (Phi) is 4.54. The highest BCUT2D eigenvalue weighted by Crippen LogP contribution is 2.33. The number of nitrogens with zero attached hydrogens (tertiary/aromatic N) is 3. The second-order valence-electron chi connectivity index (χ2n) is 6.40. The van der Waals surface area contributed by atoms with Gasteiger partial charge in [0.25, 0.3) is 5.91 Å². The van der Waals surface area contributed by atoms with Crippen LogP contribution in [0.25, 0.3) is 10.9 Å². The van der Waals surface area contributed by atoms with Gasteiger partial charge in [-0.25, -0.2) is 0 Å². The minimum absolute atomic E-state index is 0.0712. The second-order valence-corrected chi connectivity index (χ2v) is 6.40. The van der Waals surface area contributed by atoms with Gasteiger partial charge in [0.05, 0.1) is 16.8 Å². The van der Waals surface area contributed by atoms with Crippen molar-refractivity contribution in [2.45, 2.75) is 26.8 Å². The van der Waals surface area contributed by atoms with Crippen LogP contribution >= 0.6 is 0 Å². The Morgan fingerprint density at radius 1 is 1.31 bits per heavy atom. The van der Waals surface area contributed by atoms with Crippen LogP contribution in [0, 0.1) is 5.92 Å². The third-order valence-corrected chi connectivity index (χ3v) is 4.46. The summed E-state index contributed by atoms with van der Waals surface area (Å²) in [7, 11) is 0. The molecule has 0 saturated carbocycles. The molecule has 1 aliphatic heterocycles. The minimum Gasteiger partial charge on any atom is -0.480 e. The van der Waals surface area contributed by atoms with Gasteiger partial charge in [0.1, 0.15) is 0 Å². The highest BCUT2D eigenvalue weighted by molar-refractivity contribution is 6.24. The van der Waals surface area contributed by atoms with Crippen molar-refractivity contribution < 1.29 is 19.5 Å². The Balaban J connectivity index is 2.06. The average molecular weight is 353 g/mol. The molecule has 0 radical (unpaired) electrons. The Bertz CT molecular complexity index is 949. The van der Waals surface area contributed by atoms with E-state index in [-0.39, 0.29) is 17.5 Å². The number of fused-ring (bicyclic) bond motifs is 3. The molecule has 1 aromatic carbocycles. The van der Waals surface area contributed by atoms with E-state index in [0.29, 0.717) is 28.7 Å². The number of hydrogen-bond donors (Lipinski definition) is 1. The predicted molar refractivity (Wildman–Crippen MR) is 97.2 cm³/mol. The summed E-state index contributed by atoms with van der Waals surface area (Å²) in [6, 6.07) is 5.00. The molecule has 7 nitrogen and oxygen atoms in total. The summed E-state index contributed by atoms with van der Waals surface area (Å²) in [5, 5.41) is 9.77. The summed E-state index contributed by atoms with van der Waals surface area (Å²) in [5.74, 6) is -3.12. The summed E-state index contributed by atoms with van der Waals surface area (Å²) in [5.41, 5.74) is 1.51. The topological polar surface area (TPSA) is 99.9 Å². The monoisotopic (exact) mass is 353 g/mol. The molecule has 0 spiro atoms. The summed E-state index contributed by atoms with van der Waals surface area (Å²) in [6.07, 6.45) is 2.60. The van der Waals surface area contributed by atoms with E-state index in [2.05, 4.69) is 9.98 Å². The van der Waals surface area contributed by atoms with Crippen LogP contribution < -0.4 is 0 Å². The number of carbonyl (C=O) groups is 3. The second kappa shape index (κ2) is 6.67. The molecule has 1 unspecified atom stereocenters. The quantitative estimate of drug-likeness (QED) is 0.852. The van der Waals surface area contributed by atoms with Crippen molar-refractivity contribution in [2.75, 3.05) is 6.54 Å². The van der Waals surface area contributed by atoms with Crippen LogP contribution in [0.4, 0.5) is 5.69 Å². The lowest BCUT2D eigenvalue weighted by molar-refractivity contribution is -0.137. The number of carboxylic acids is 1. The van der Waals surface area contributed by atoms with Crippen molar-refractivity contribution in [3.63, 3.8) is 0 Å². The Morgan fingerprint density at radius 3 is 2.65 bits per heavy atom. The van der Waals surface area contributed by atoms with Crippen LogP contribution in [0.1, 0.15) is 41.5 Å². The van der Waals surface area contributed by atoms with Crippen molar-refractivity contribution in [1.29, 1.82) is 0 Å². The molecule has 1 N–H and O–H groups in total. The molecule has 7 heteroatoms. The van der Waals surface area contributed by atoms with Crippen LogP contribution in [0.15, 0.2) is 29.4 Å². The number of rotatable bonds is 4. The third kappa shape index (κ3) is 2.85. The smallest absolute Gasteiger partial charge is 0.319 e. The first-order chi connectivity index (χ1) is 12.3. The minimum atomic E-state index is -1.27. The molecular weight excluding hydrogens is 334 g/mol. The molecule has 2 aromatic rings. The first-order valence-corrected chi connectivity index (χ1v) is 8.40. The van der Waals surface area contributed by atoms with Crippen molar-refractivity contribution in [2.24, 2.45) is 10.9 Å². The molecule has 0 bridgehead atoms. The molecule has 1 atom stereocenters. The molecule has 3 rings (SSSR count). The van der Waals surface area contributed by atoms with Gasteiger partial charge >= 0.3 is 5.97 Å². The lowest BCUT2D eigenvalue weighted by Gasteiger charge is -2.25. The Labute approximate surface area is 150 Å². The van der Waals surface area contributed by atoms with E-state index in [1.165, 1.54) is 6.20 Å². The van der Waals surface area contributed by atoms with Gasteiger partial charge in [-0.05, 0) is 32.9 Å². The summed E-state index contributed by atoms with van der Waals surface area (Å²) < 4.78 is 0. The zero-order valence-electron chi connectivity index (χ0n) is 14.8. The van der Waals surface area contributed by atoms with Crippen molar-refractivity contribution in [3.05, 3.63) is 35.5 Å². The van der Waals surface area contributed by atoms with Gasteiger partial charge in [0.2, 0.25) is 0 Å². The number of carbonyl (C=O) groups excluding carboxylic acids is 2. The molecule has 2 heterocycles. The fourth-order valence-corrected chi connectivity index (χ4v) is 3.10. The van der Waals surface area contributed by atoms with Gasteiger partial charge in [0, 0.05) is 35.9 Å². The van der Waals surface area contributed by atoms with E-state index in [1.54, 1.807) is 23.1 Å². The maximum Gasteiger partial charge on any atom is 0.319 e. The van der Waals surface area contributed by atoms with Gasteiger partial charge in [-0.1, -0.05) is 6.07 Å². The molecule has 1 aliphatic rings. The van der Waals surface area contributed by atoms with E-state index >= 15 is 0 Å². The number of pyridine rings is 1. The number of aromatic nitrogens is 1. The average Bonchev–Trinajstić information content (AvgIpc) is 2.61. The van der Waals surface area contributed by atoms with E-state index < -0.39 is 17.7 Å². The van der Waals surface area contributed by atoms with E-state index in [0.717, 1.165) is 6.21 Å². The zero-order chi connectivity index (χ0) is 19.0. The lowest BCUT2D eigenvalue weighted by Crippen LogP contribution is -2.36. The summed E-state index contributed by atoms with van der Waals surface area (Å²) in [4.78, 5) is 46.3. The van der Waals surface area contributed by atoms with E-state index in [1.807, 2.05) is 20.8 Å². The predicted octanol–water partition coefficient (Wildman–Crippen LogP) is 2.70. The molecule has 134 valence electrons. The van der Waals surface area contributed by atoms with Crippen LogP contribution in [-0.2, 0) is 4.79 Å². The fraction of sp³-hybridized carbons (Fsp3) is 0.316. The van der Waals surface area contributed by atoms with Crippen molar-refractivity contribution >= 4 is 40.5 Å². The van der Waals surface area contributed by atoms with E-state index in [4.69, 9.17) is 5.11 Å². The fourth-order valence-electron chi connectivity index (χ4n) is 3.10. The van der Waals surface area contributed by atoms with Crippen LogP contribution in [-0.4, -0.2) is 51.5 Å². The number of aliphatic imine (C=N–C) groups is 1.